The Bertz CT molecular complexity index is 635. The van der Waals surface area contributed by atoms with Gasteiger partial charge in [0.15, 0.2) is 0 Å². The molecule has 1 fully saturated rings. The normalized spacial score (nSPS) is 14.3. The standard InChI is InChI=1S/C15H18ClN3O4/c1-10-11(16)4-3-5-12(10)19-9-18(7-15(19)22)14(21)6-17-13(20)8-23-2/h3-5H,6-9H2,1-2H3,(H,17,20). The maximum Gasteiger partial charge on any atom is 0.248 e. The molecular weight excluding hydrogens is 322 g/mol. The average molecular weight is 340 g/mol. The second-order valence-electron chi connectivity index (χ2n) is 5.15. The predicted octanol–water partition coefficient (Wildman–Crippen LogP) is 0.544. The number of nitrogens with one attached hydrogen (secondary N) is 1. The Balaban J connectivity index is 2.01. The minimum Gasteiger partial charge on any atom is -0.375 e. The van der Waals surface area contributed by atoms with Crippen LogP contribution < -0.4 is 10.2 Å². The molecule has 0 aromatic heterocycles. The van der Waals surface area contributed by atoms with Gasteiger partial charge in [0.1, 0.15) is 19.8 Å². The van der Waals surface area contributed by atoms with E-state index in [1.54, 1.807) is 18.2 Å². The molecule has 1 N–H and O–H groups in total. The highest BCUT2D eigenvalue weighted by molar-refractivity contribution is 6.31. The van der Waals surface area contributed by atoms with Crippen LogP contribution in [0.5, 0.6) is 0 Å². The summed E-state index contributed by atoms with van der Waals surface area (Å²) in [5.41, 5.74) is 1.46. The quantitative estimate of drug-likeness (QED) is 0.849. The van der Waals surface area contributed by atoms with Crippen molar-refractivity contribution >= 4 is 35.0 Å². The summed E-state index contributed by atoms with van der Waals surface area (Å²) < 4.78 is 4.67. The summed E-state index contributed by atoms with van der Waals surface area (Å²) in [4.78, 5) is 38.5. The van der Waals surface area contributed by atoms with Crippen LogP contribution in [0.2, 0.25) is 5.02 Å². The fourth-order valence-corrected chi connectivity index (χ4v) is 2.45. The molecule has 1 aromatic carbocycles. The van der Waals surface area contributed by atoms with E-state index in [-0.39, 0.29) is 44.1 Å². The number of hydrogen-bond donors (Lipinski definition) is 1. The van der Waals surface area contributed by atoms with Crippen LogP contribution in [-0.4, -0.2) is 56.1 Å². The molecule has 1 aliphatic rings. The first-order valence-corrected chi connectivity index (χ1v) is 7.40. The van der Waals surface area contributed by atoms with Crippen LogP contribution in [0.4, 0.5) is 5.69 Å². The van der Waals surface area contributed by atoms with E-state index in [0.29, 0.717) is 10.7 Å². The number of hydrogen-bond acceptors (Lipinski definition) is 4. The van der Waals surface area contributed by atoms with E-state index in [2.05, 4.69) is 10.1 Å². The molecule has 8 heteroatoms. The third kappa shape index (κ3) is 4.00. The molecule has 124 valence electrons. The van der Waals surface area contributed by atoms with Crippen molar-refractivity contribution in [1.82, 2.24) is 10.2 Å². The lowest BCUT2D eigenvalue weighted by atomic mass is 10.2. The molecule has 3 amide bonds. The summed E-state index contributed by atoms with van der Waals surface area (Å²) in [6, 6.07) is 5.29. The number of ether oxygens (including phenoxy) is 1. The molecule has 0 aliphatic carbocycles. The monoisotopic (exact) mass is 339 g/mol. The van der Waals surface area contributed by atoms with Gasteiger partial charge in [0, 0.05) is 17.8 Å². The molecule has 2 rings (SSSR count). The Labute approximate surface area is 139 Å². The Kier molecular flexibility index (Phi) is 5.57. The van der Waals surface area contributed by atoms with Crippen molar-refractivity contribution in [3.8, 4) is 0 Å². The molecule has 1 aliphatic heterocycles. The van der Waals surface area contributed by atoms with E-state index in [1.807, 2.05) is 6.92 Å². The van der Waals surface area contributed by atoms with Crippen molar-refractivity contribution in [2.24, 2.45) is 0 Å². The van der Waals surface area contributed by atoms with Gasteiger partial charge in [-0.2, -0.15) is 0 Å². The molecule has 1 saturated heterocycles. The van der Waals surface area contributed by atoms with Crippen molar-refractivity contribution in [3.63, 3.8) is 0 Å². The molecule has 23 heavy (non-hydrogen) atoms. The van der Waals surface area contributed by atoms with Gasteiger partial charge in [-0.1, -0.05) is 17.7 Å². The van der Waals surface area contributed by atoms with Gasteiger partial charge in [0.25, 0.3) is 0 Å². The lowest BCUT2D eigenvalue weighted by molar-refractivity contribution is -0.133. The lowest BCUT2D eigenvalue weighted by Gasteiger charge is -2.20. The number of benzene rings is 1. The van der Waals surface area contributed by atoms with Crippen LogP contribution >= 0.6 is 11.6 Å². The zero-order chi connectivity index (χ0) is 17.0. The van der Waals surface area contributed by atoms with Gasteiger partial charge in [-0.3, -0.25) is 19.3 Å². The van der Waals surface area contributed by atoms with E-state index < -0.39 is 0 Å². The fourth-order valence-electron chi connectivity index (χ4n) is 2.28. The summed E-state index contributed by atoms with van der Waals surface area (Å²) >= 11 is 6.08. The Morgan fingerprint density at radius 3 is 2.83 bits per heavy atom. The van der Waals surface area contributed by atoms with Gasteiger partial charge < -0.3 is 15.0 Å². The molecule has 0 spiro atoms. The molecule has 0 unspecified atom stereocenters. The van der Waals surface area contributed by atoms with Crippen molar-refractivity contribution in [2.75, 3.05) is 38.4 Å². The van der Waals surface area contributed by atoms with E-state index >= 15 is 0 Å². The highest BCUT2D eigenvalue weighted by Crippen LogP contribution is 2.28. The van der Waals surface area contributed by atoms with Crippen molar-refractivity contribution < 1.29 is 19.1 Å². The van der Waals surface area contributed by atoms with Gasteiger partial charge in [0.2, 0.25) is 17.7 Å². The molecule has 0 bridgehead atoms. The van der Waals surface area contributed by atoms with Gasteiger partial charge in [0.05, 0.1) is 6.54 Å². The SMILES string of the molecule is COCC(=O)NCC(=O)N1CC(=O)N(c2cccc(Cl)c2C)C1. The first-order valence-electron chi connectivity index (χ1n) is 7.03. The Morgan fingerprint density at radius 1 is 1.39 bits per heavy atom. The maximum atomic E-state index is 12.2. The van der Waals surface area contributed by atoms with Crippen molar-refractivity contribution in [3.05, 3.63) is 28.8 Å². The van der Waals surface area contributed by atoms with Gasteiger partial charge in [-0.05, 0) is 24.6 Å². The number of amides is 3. The number of methoxy groups -OCH3 is 1. The number of nitrogens with zero attached hydrogens (tertiary/aromatic N) is 2. The minimum absolute atomic E-state index is 0.0229. The average Bonchev–Trinajstić information content (AvgIpc) is 2.90. The highest BCUT2D eigenvalue weighted by Gasteiger charge is 2.32. The molecule has 1 aromatic rings. The molecular formula is C15H18ClN3O4. The van der Waals surface area contributed by atoms with E-state index in [9.17, 15) is 14.4 Å². The minimum atomic E-state index is -0.381. The van der Waals surface area contributed by atoms with Gasteiger partial charge in [-0.15, -0.1) is 0 Å². The third-order valence-electron chi connectivity index (χ3n) is 3.53. The zero-order valence-corrected chi connectivity index (χ0v) is 13.7. The predicted molar refractivity (Wildman–Crippen MR) is 85.1 cm³/mol. The summed E-state index contributed by atoms with van der Waals surface area (Å²) in [5, 5.41) is 3.01. The second kappa shape index (κ2) is 7.43. The maximum absolute atomic E-state index is 12.2. The van der Waals surface area contributed by atoms with Gasteiger partial charge >= 0.3 is 0 Å². The largest absolute Gasteiger partial charge is 0.375 e. The van der Waals surface area contributed by atoms with Crippen LogP contribution in [0.1, 0.15) is 5.56 Å². The summed E-state index contributed by atoms with van der Waals surface area (Å²) in [6.45, 7) is 1.65. The molecule has 1 heterocycles. The lowest BCUT2D eigenvalue weighted by Crippen LogP contribution is -2.40. The number of carbonyl (C=O) groups is 3. The Hall–Kier alpha value is -2.12. The van der Waals surface area contributed by atoms with E-state index in [1.165, 1.54) is 16.9 Å². The fraction of sp³-hybridized carbons (Fsp3) is 0.400. The first-order chi connectivity index (χ1) is 10.9. The van der Waals surface area contributed by atoms with Crippen LogP contribution in [0.25, 0.3) is 0 Å². The number of halogens is 1. The summed E-state index contributed by atoms with van der Waals surface area (Å²) in [6.07, 6.45) is 0. The van der Waals surface area contributed by atoms with Crippen LogP contribution in [0.15, 0.2) is 18.2 Å². The van der Waals surface area contributed by atoms with Crippen LogP contribution in [0.3, 0.4) is 0 Å². The second-order valence-corrected chi connectivity index (χ2v) is 5.56. The summed E-state index contributed by atoms with van der Waals surface area (Å²) in [7, 11) is 1.39. The molecule has 7 nitrogen and oxygen atoms in total. The smallest absolute Gasteiger partial charge is 0.248 e. The Morgan fingerprint density at radius 2 is 2.13 bits per heavy atom. The van der Waals surface area contributed by atoms with E-state index in [0.717, 1.165) is 5.56 Å². The van der Waals surface area contributed by atoms with Crippen molar-refractivity contribution in [2.45, 2.75) is 6.92 Å². The first kappa shape index (κ1) is 17.2. The van der Waals surface area contributed by atoms with Gasteiger partial charge in [-0.25, -0.2) is 0 Å². The highest BCUT2D eigenvalue weighted by atomic mass is 35.5. The zero-order valence-electron chi connectivity index (χ0n) is 13.0. The number of rotatable bonds is 5. The third-order valence-corrected chi connectivity index (χ3v) is 3.94. The number of anilines is 1. The molecule has 0 radical (unpaired) electrons. The molecule has 0 saturated carbocycles. The van der Waals surface area contributed by atoms with Crippen molar-refractivity contribution in [1.29, 1.82) is 0 Å². The number of carbonyl (C=O) groups excluding carboxylic acids is 3. The van der Waals surface area contributed by atoms with E-state index in [4.69, 9.17) is 11.6 Å². The van der Waals surface area contributed by atoms with Crippen LogP contribution in [0, 0.1) is 6.92 Å². The topological polar surface area (TPSA) is 79.0 Å². The van der Waals surface area contributed by atoms with Crippen LogP contribution in [-0.2, 0) is 19.1 Å². The summed E-state index contributed by atoms with van der Waals surface area (Å²) in [5.74, 6) is -0.897. The molecule has 0 atom stereocenters.